The lowest BCUT2D eigenvalue weighted by Gasteiger charge is -2.44. The summed E-state index contributed by atoms with van der Waals surface area (Å²) in [6.45, 7) is 6.78. The fourth-order valence-electron chi connectivity index (χ4n) is 5.06. The minimum atomic E-state index is -0.686. The van der Waals surface area contributed by atoms with E-state index < -0.39 is 5.92 Å². The zero-order valence-electron chi connectivity index (χ0n) is 18.0. The topological polar surface area (TPSA) is 78.2 Å². The number of nitrogens with zero attached hydrogens (tertiary/aromatic N) is 2. The first-order valence-corrected chi connectivity index (χ1v) is 10.5. The molecule has 0 atom stereocenters. The van der Waals surface area contributed by atoms with E-state index in [0.29, 0.717) is 38.8 Å². The van der Waals surface area contributed by atoms with Crippen LogP contribution in [0, 0.1) is 42.4 Å². The first-order valence-electron chi connectivity index (χ1n) is 10.5. The Balaban J connectivity index is 1.75. The van der Waals surface area contributed by atoms with Gasteiger partial charge >= 0.3 is 0 Å². The van der Waals surface area contributed by atoms with Crippen LogP contribution in [-0.4, -0.2) is 35.5 Å². The van der Waals surface area contributed by atoms with Crippen LogP contribution in [0.4, 0.5) is 0 Å². The summed E-state index contributed by atoms with van der Waals surface area (Å²) in [6, 6.07) is 5.91. The Hall–Kier alpha value is -2.92. The predicted octanol–water partition coefficient (Wildman–Crippen LogP) is 3.60. The Labute approximate surface area is 178 Å². The molecule has 3 rings (SSSR count). The first-order chi connectivity index (χ1) is 14.3. The van der Waals surface area contributed by atoms with E-state index in [-0.39, 0.29) is 35.7 Å². The number of hydrogen-bond donors (Lipinski definition) is 0. The highest BCUT2D eigenvalue weighted by Gasteiger charge is 2.47. The van der Waals surface area contributed by atoms with E-state index >= 15 is 0 Å². The minimum Gasteiger partial charge on any atom is -0.343 e. The summed E-state index contributed by atoms with van der Waals surface area (Å²) in [7, 11) is 0. The smallest absolute Gasteiger partial charge is 0.223 e. The van der Waals surface area contributed by atoms with Crippen LogP contribution in [0.1, 0.15) is 73.6 Å². The average molecular weight is 405 g/mol. The van der Waals surface area contributed by atoms with E-state index in [1.54, 1.807) is 11.8 Å². The summed E-state index contributed by atoms with van der Waals surface area (Å²) >= 11 is 0. The molecule has 0 N–H and O–H groups in total. The molecule has 1 saturated carbocycles. The molecule has 0 bridgehead atoms. The van der Waals surface area contributed by atoms with Gasteiger partial charge in [-0.25, -0.2) is 0 Å². The van der Waals surface area contributed by atoms with E-state index in [2.05, 4.69) is 11.8 Å². The molecule has 2 fully saturated rings. The van der Waals surface area contributed by atoms with Gasteiger partial charge in [-0.15, -0.1) is 5.92 Å². The van der Waals surface area contributed by atoms with Crippen molar-refractivity contribution in [2.45, 2.75) is 65.2 Å². The van der Waals surface area contributed by atoms with Gasteiger partial charge in [0.2, 0.25) is 5.91 Å². The van der Waals surface area contributed by atoms with E-state index in [1.165, 1.54) is 0 Å². The fourth-order valence-corrected chi connectivity index (χ4v) is 5.06. The normalized spacial score (nSPS) is 18.7. The van der Waals surface area contributed by atoms with Crippen LogP contribution in [0.2, 0.25) is 0 Å². The molecule has 2 aliphatic rings. The maximum atomic E-state index is 13.2. The summed E-state index contributed by atoms with van der Waals surface area (Å²) in [5, 5.41) is 8.67. The molecule has 1 amide bonds. The number of hydrogen-bond acceptors (Lipinski definition) is 4. The predicted molar refractivity (Wildman–Crippen MR) is 114 cm³/mol. The Morgan fingerprint density at radius 2 is 1.70 bits per heavy atom. The van der Waals surface area contributed by atoms with Crippen LogP contribution in [0.25, 0.3) is 0 Å². The van der Waals surface area contributed by atoms with Gasteiger partial charge in [-0.1, -0.05) is 5.92 Å². The fraction of sp³-hybridized carbons (Fsp3) is 0.520. The molecule has 5 nitrogen and oxygen atoms in total. The molecular formula is C25H28N2O3. The van der Waals surface area contributed by atoms with Crippen molar-refractivity contribution in [2.24, 2.45) is 5.41 Å². The summed E-state index contributed by atoms with van der Waals surface area (Å²) in [5.74, 6) is 5.23. The van der Waals surface area contributed by atoms with Crippen LogP contribution < -0.4 is 0 Å². The molecule has 156 valence electrons. The van der Waals surface area contributed by atoms with E-state index in [1.807, 2.05) is 32.0 Å². The Morgan fingerprint density at radius 3 is 2.20 bits per heavy atom. The largest absolute Gasteiger partial charge is 0.343 e. The van der Waals surface area contributed by atoms with Gasteiger partial charge in [0.1, 0.15) is 17.5 Å². The molecule has 1 aliphatic heterocycles. The summed E-state index contributed by atoms with van der Waals surface area (Å²) in [6.07, 6.45) is 2.57. The van der Waals surface area contributed by atoms with Gasteiger partial charge < -0.3 is 4.90 Å². The molecule has 30 heavy (non-hydrogen) atoms. The van der Waals surface area contributed by atoms with Crippen LogP contribution in [0.3, 0.4) is 0 Å². The quantitative estimate of drug-likeness (QED) is 0.570. The van der Waals surface area contributed by atoms with Crippen LogP contribution in [0.15, 0.2) is 12.1 Å². The van der Waals surface area contributed by atoms with E-state index in [0.717, 1.165) is 22.3 Å². The highest BCUT2D eigenvalue weighted by atomic mass is 16.2. The van der Waals surface area contributed by atoms with Gasteiger partial charge in [0.25, 0.3) is 0 Å². The second-order valence-corrected chi connectivity index (χ2v) is 8.66. The van der Waals surface area contributed by atoms with Crippen LogP contribution in [-0.2, 0) is 14.4 Å². The molecule has 1 heterocycles. The van der Waals surface area contributed by atoms with Gasteiger partial charge in [0.05, 0.1) is 6.07 Å². The zero-order chi connectivity index (χ0) is 21.9. The van der Waals surface area contributed by atoms with Crippen molar-refractivity contribution in [1.82, 2.24) is 4.90 Å². The zero-order valence-corrected chi connectivity index (χ0v) is 18.0. The van der Waals surface area contributed by atoms with Crippen molar-refractivity contribution >= 4 is 17.5 Å². The van der Waals surface area contributed by atoms with Gasteiger partial charge in [-0.2, -0.15) is 5.26 Å². The third-order valence-corrected chi connectivity index (χ3v) is 6.52. The molecule has 1 saturated heterocycles. The number of aryl methyl sites for hydroxylation is 2. The molecular weight excluding hydrogens is 376 g/mol. The van der Waals surface area contributed by atoms with Crippen molar-refractivity contribution in [3.63, 3.8) is 0 Å². The standard InChI is InChI=1S/C25H28N2O3/c1-4-6-19-13-17(2)23(18(3)14-19)24-20(28)15-25(16-21(24)29)8-11-27(12-9-25)22(30)7-5-10-26/h13-14,24H,5,7-9,11-12,15-16H2,1-3H3. The second kappa shape index (κ2) is 8.84. The number of benzene rings is 1. The van der Waals surface area contributed by atoms with Gasteiger partial charge in [0.15, 0.2) is 0 Å². The number of nitriles is 1. The molecule has 0 unspecified atom stereocenters. The SMILES string of the molecule is CC#Cc1cc(C)c(C2C(=O)CC3(CCN(C(=O)CCC#N)CC3)CC2=O)c(C)c1. The highest BCUT2D eigenvalue weighted by Crippen LogP contribution is 2.46. The first kappa shape index (κ1) is 21.8. The Morgan fingerprint density at radius 1 is 1.13 bits per heavy atom. The molecule has 0 radical (unpaired) electrons. The van der Waals surface area contributed by atoms with Crippen LogP contribution in [0.5, 0.6) is 0 Å². The number of piperidine rings is 1. The minimum absolute atomic E-state index is 0.00367. The van der Waals surface area contributed by atoms with Gasteiger partial charge in [-0.3, -0.25) is 14.4 Å². The average Bonchev–Trinajstić information content (AvgIpc) is 2.68. The lowest BCUT2D eigenvalue weighted by Crippen LogP contribution is -2.48. The lowest BCUT2D eigenvalue weighted by atomic mass is 9.62. The molecule has 0 aromatic heterocycles. The summed E-state index contributed by atoms with van der Waals surface area (Å²) < 4.78 is 0. The maximum Gasteiger partial charge on any atom is 0.223 e. The monoisotopic (exact) mass is 404 g/mol. The molecule has 5 heteroatoms. The third-order valence-electron chi connectivity index (χ3n) is 6.52. The number of amides is 1. The third kappa shape index (κ3) is 4.31. The number of carbonyl (C=O) groups is 3. The molecule has 1 aromatic rings. The molecule has 1 aromatic carbocycles. The number of rotatable bonds is 3. The maximum absolute atomic E-state index is 13.2. The Bertz CT molecular complexity index is 939. The lowest BCUT2D eigenvalue weighted by molar-refractivity contribution is -0.140. The van der Waals surface area contributed by atoms with Gasteiger partial charge in [-0.05, 0) is 67.9 Å². The van der Waals surface area contributed by atoms with E-state index in [4.69, 9.17) is 5.26 Å². The summed E-state index contributed by atoms with van der Waals surface area (Å²) in [4.78, 5) is 40.3. The van der Waals surface area contributed by atoms with Crippen molar-refractivity contribution in [1.29, 1.82) is 5.26 Å². The van der Waals surface area contributed by atoms with Crippen LogP contribution >= 0.6 is 0 Å². The number of Topliss-reactive ketones (excluding diaryl/α,β-unsaturated/α-hetero) is 2. The van der Waals surface area contributed by atoms with Crippen molar-refractivity contribution in [3.05, 3.63) is 34.4 Å². The Kier molecular flexibility index (Phi) is 6.42. The molecule has 1 spiro atoms. The number of carbonyl (C=O) groups excluding carboxylic acids is 3. The number of ketones is 2. The van der Waals surface area contributed by atoms with Gasteiger partial charge in [0, 0.05) is 44.3 Å². The van der Waals surface area contributed by atoms with E-state index in [9.17, 15) is 14.4 Å². The van der Waals surface area contributed by atoms with Crippen molar-refractivity contribution < 1.29 is 14.4 Å². The molecule has 1 aliphatic carbocycles. The number of likely N-dealkylation sites (tertiary alicyclic amines) is 1. The van der Waals surface area contributed by atoms with Crippen molar-refractivity contribution in [2.75, 3.05) is 13.1 Å². The summed E-state index contributed by atoms with van der Waals surface area (Å²) in [5.41, 5.74) is 3.29. The second-order valence-electron chi connectivity index (χ2n) is 8.66. The van der Waals surface area contributed by atoms with Crippen molar-refractivity contribution in [3.8, 4) is 17.9 Å². The highest BCUT2D eigenvalue weighted by molar-refractivity contribution is 6.10.